The number of nitrogens with one attached hydrogen (secondary N) is 2. The summed E-state index contributed by atoms with van der Waals surface area (Å²) in [5.41, 5.74) is 3.34. The van der Waals surface area contributed by atoms with Crippen molar-refractivity contribution in [3.05, 3.63) is 47.5 Å². The van der Waals surface area contributed by atoms with E-state index in [2.05, 4.69) is 22.2 Å². The number of H-pyrrole nitrogens is 1. The minimum absolute atomic E-state index is 0.0183. The monoisotopic (exact) mass is 327 g/mol. The summed E-state index contributed by atoms with van der Waals surface area (Å²) in [6.45, 7) is 2.06. The smallest absolute Gasteiger partial charge is 0.224 e. The van der Waals surface area contributed by atoms with Crippen LogP contribution in [0.15, 0.2) is 42.5 Å². The van der Waals surface area contributed by atoms with E-state index < -0.39 is 0 Å². The molecule has 0 bridgehead atoms. The first-order valence-corrected chi connectivity index (χ1v) is 8.09. The van der Waals surface area contributed by atoms with Crippen molar-refractivity contribution in [2.45, 2.75) is 26.2 Å². The maximum Gasteiger partial charge on any atom is 0.224 e. The van der Waals surface area contributed by atoms with Crippen LogP contribution in [0.4, 0.5) is 5.69 Å². The van der Waals surface area contributed by atoms with E-state index in [4.69, 9.17) is 11.6 Å². The van der Waals surface area contributed by atoms with Gasteiger partial charge in [0.2, 0.25) is 5.91 Å². The van der Waals surface area contributed by atoms with Gasteiger partial charge in [-0.1, -0.05) is 37.1 Å². The molecule has 0 unspecified atom stereocenters. The number of unbranched alkanes of at least 4 members (excludes halogenated alkanes) is 1. The maximum atomic E-state index is 11.9. The minimum atomic E-state index is 0.0183. The lowest BCUT2D eigenvalue weighted by Gasteiger charge is -2.08. The highest BCUT2D eigenvalue weighted by Crippen LogP contribution is 2.30. The van der Waals surface area contributed by atoms with Gasteiger partial charge in [-0.15, -0.1) is 0 Å². The molecule has 0 saturated carbocycles. The molecule has 118 valence electrons. The molecule has 0 spiro atoms. The summed E-state index contributed by atoms with van der Waals surface area (Å²) in [5.74, 6) is 0.714. The Morgan fingerprint density at radius 3 is 2.87 bits per heavy atom. The zero-order chi connectivity index (χ0) is 16.2. The van der Waals surface area contributed by atoms with Crippen molar-refractivity contribution in [1.29, 1.82) is 0 Å². The van der Waals surface area contributed by atoms with Gasteiger partial charge in [0.1, 0.15) is 5.82 Å². The van der Waals surface area contributed by atoms with E-state index in [1.54, 1.807) is 12.1 Å². The SMILES string of the molecule is CCCCC(=O)Nc1ccc(Cl)c(-c2nc3ccccc3[nH]2)c1. The standard InChI is InChI=1S/C18H18ClN3O/c1-2-3-8-17(23)20-12-9-10-14(19)13(11-12)18-21-15-6-4-5-7-16(15)22-18/h4-7,9-11H,2-3,8H2,1H3,(H,20,23)(H,21,22). The molecule has 3 aromatic rings. The molecule has 0 saturated heterocycles. The zero-order valence-electron chi connectivity index (χ0n) is 12.9. The number of carbonyl (C=O) groups excluding carboxylic acids is 1. The van der Waals surface area contributed by atoms with Crippen LogP contribution in [0.3, 0.4) is 0 Å². The molecule has 0 aliphatic heterocycles. The predicted octanol–water partition coefficient (Wildman–Crippen LogP) is 5.01. The number of anilines is 1. The number of amides is 1. The van der Waals surface area contributed by atoms with Gasteiger partial charge >= 0.3 is 0 Å². The van der Waals surface area contributed by atoms with Gasteiger partial charge in [-0.05, 0) is 36.8 Å². The number of aromatic nitrogens is 2. The van der Waals surface area contributed by atoms with Crippen molar-refractivity contribution in [2.24, 2.45) is 0 Å². The Kier molecular flexibility index (Phi) is 4.63. The molecule has 1 heterocycles. The number of aromatic amines is 1. The van der Waals surface area contributed by atoms with Crippen LogP contribution in [0.25, 0.3) is 22.4 Å². The Bertz CT molecular complexity index is 808. The second kappa shape index (κ2) is 6.84. The van der Waals surface area contributed by atoms with Crippen LogP contribution in [0.5, 0.6) is 0 Å². The summed E-state index contributed by atoms with van der Waals surface area (Å²) >= 11 is 6.31. The lowest BCUT2D eigenvalue weighted by atomic mass is 10.1. The number of carbonyl (C=O) groups is 1. The second-order valence-corrected chi connectivity index (χ2v) is 5.86. The van der Waals surface area contributed by atoms with Gasteiger partial charge in [0.15, 0.2) is 0 Å². The number of hydrogen-bond acceptors (Lipinski definition) is 2. The molecular weight excluding hydrogens is 310 g/mol. The van der Waals surface area contributed by atoms with Crippen LogP contribution in [0, 0.1) is 0 Å². The minimum Gasteiger partial charge on any atom is -0.338 e. The molecule has 5 heteroatoms. The molecule has 2 aromatic carbocycles. The maximum absolute atomic E-state index is 11.9. The average Bonchev–Trinajstić information content (AvgIpc) is 2.98. The third-order valence-electron chi connectivity index (χ3n) is 3.65. The molecule has 0 aliphatic carbocycles. The first kappa shape index (κ1) is 15.6. The third kappa shape index (κ3) is 3.54. The molecule has 4 nitrogen and oxygen atoms in total. The van der Waals surface area contributed by atoms with Crippen LogP contribution in [-0.2, 0) is 4.79 Å². The fourth-order valence-electron chi connectivity index (χ4n) is 2.43. The quantitative estimate of drug-likeness (QED) is 0.692. The van der Waals surface area contributed by atoms with E-state index in [0.29, 0.717) is 17.3 Å². The van der Waals surface area contributed by atoms with Crippen LogP contribution in [0.2, 0.25) is 5.02 Å². The number of hydrogen-bond donors (Lipinski definition) is 2. The second-order valence-electron chi connectivity index (χ2n) is 5.45. The molecule has 0 radical (unpaired) electrons. The lowest BCUT2D eigenvalue weighted by Crippen LogP contribution is -2.10. The zero-order valence-corrected chi connectivity index (χ0v) is 13.7. The van der Waals surface area contributed by atoms with Crippen LogP contribution < -0.4 is 5.32 Å². The van der Waals surface area contributed by atoms with Gasteiger partial charge in [-0.2, -0.15) is 0 Å². The summed E-state index contributed by atoms with van der Waals surface area (Å²) in [4.78, 5) is 19.7. The highest BCUT2D eigenvalue weighted by molar-refractivity contribution is 6.33. The van der Waals surface area contributed by atoms with Crippen molar-refractivity contribution < 1.29 is 4.79 Å². The molecule has 23 heavy (non-hydrogen) atoms. The molecule has 3 rings (SSSR count). The highest BCUT2D eigenvalue weighted by Gasteiger charge is 2.11. The first-order valence-electron chi connectivity index (χ1n) is 7.72. The van der Waals surface area contributed by atoms with Crippen LogP contribution >= 0.6 is 11.6 Å². The largest absolute Gasteiger partial charge is 0.338 e. The Morgan fingerprint density at radius 1 is 1.26 bits per heavy atom. The van der Waals surface area contributed by atoms with Crippen LogP contribution in [-0.4, -0.2) is 15.9 Å². The van der Waals surface area contributed by atoms with Crippen molar-refractivity contribution in [1.82, 2.24) is 9.97 Å². The molecule has 1 aromatic heterocycles. The number of para-hydroxylation sites is 2. The lowest BCUT2D eigenvalue weighted by molar-refractivity contribution is -0.116. The Labute approximate surface area is 139 Å². The Balaban J connectivity index is 1.89. The van der Waals surface area contributed by atoms with Crippen molar-refractivity contribution in [2.75, 3.05) is 5.32 Å². The molecule has 0 aliphatic rings. The summed E-state index contributed by atoms with van der Waals surface area (Å²) in [6, 6.07) is 13.2. The van der Waals surface area contributed by atoms with E-state index in [9.17, 15) is 4.79 Å². The number of imidazole rings is 1. The van der Waals surface area contributed by atoms with Gasteiger partial charge in [0.25, 0.3) is 0 Å². The van der Waals surface area contributed by atoms with Crippen molar-refractivity contribution in [3.63, 3.8) is 0 Å². The van der Waals surface area contributed by atoms with Gasteiger partial charge in [0.05, 0.1) is 16.1 Å². The summed E-state index contributed by atoms with van der Waals surface area (Å²) in [7, 11) is 0. The van der Waals surface area contributed by atoms with Gasteiger partial charge < -0.3 is 10.3 Å². The van der Waals surface area contributed by atoms with E-state index in [0.717, 1.165) is 35.1 Å². The number of rotatable bonds is 5. The normalized spacial score (nSPS) is 10.9. The van der Waals surface area contributed by atoms with Crippen LogP contribution in [0.1, 0.15) is 26.2 Å². The van der Waals surface area contributed by atoms with Gasteiger partial charge in [-0.25, -0.2) is 4.98 Å². The molecule has 2 N–H and O–H groups in total. The fraction of sp³-hybridized carbons (Fsp3) is 0.222. The number of nitrogens with zero attached hydrogens (tertiary/aromatic N) is 1. The van der Waals surface area contributed by atoms with Gasteiger partial charge in [0, 0.05) is 17.7 Å². The van der Waals surface area contributed by atoms with E-state index in [-0.39, 0.29) is 5.91 Å². The number of fused-ring (bicyclic) bond motifs is 1. The molecule has 1 amide bonds. The topological polar surface area (TPSA) is 57.8 Å². The van der Waals surface area contributed by atoms with E-state index >= 15 is 0 Å². The van der Waals surface area contributed by atoms with Crippen molar-refractivity contribution in [3.8, 4) is 11.4 Å². The third-order valence-corrected chi connectivity index (χ3v) is 3.98. The van der Waals surface area contributed by atoms with Crippen molar-refractivity contribution >= 4 is 34.2 Å². The van der Waals surface area contributed by atoms with E-state index in [1.807, 2.05) is 30.3 Å². The summed E-state index contributed by atoms with van der Waals surface area (Å²) < 4.78 is 0. The fourth-order valence-corrected chi connectivity index (χ4v) is 2.63. The summed E-state index contributed by atoms with van der Waals surface area (Å²) in [5, 5.41) is 3.50. The predicted molar refractivity (Wildman–Crippen MR) is 94.7 cm³/mol. The van der Waals surface area contributed by atoms with Gasteiger partial charge in [-0.3, -0.25) is 4.79 Å². The number of halogens is 1. The van der Waals surface area contributed by atoms with E-state index in [1.165, 1.54) is 0 Å². The Morgan fingerprint density at radius 2 is 2.09 bits per heavy atom. The summed E-state index contributed by atoms with van der Waals surface area (Å²) in [6.07, 6.45) is 2.41. The molecule has 0 atom stereocenters. The first-order chi connectivity index (χ1) is 11.2. The Hall–Kier alpha value is -2.33. The highest BCUT2D eigenvalue weighted by atomic mass is 35.5. The number of benzene rings is 2. The average molecular weight is 328 g/mol. The molecule has 0 fully saturated rings. The molecular formula is C18H18ClN3O.